The minimum atomic E-state index is -0.197. The molecular weight excluding hydrogens is 466 g/mol. The van der Waals surface area contributed by atoms with Crippen molar-refractivity contribution >= 4 is 62.2 Å². The number of carbonyl (C=O) groups is 2. The third-order valence-corrected chi connectivity index (χ3v) is 7.13. The van der Waals surface area contributed by atoms with E-state index in [2.05, 4.69) is 15.6 Å². The zero-order chi connectivity index (χ0) is 24.1. The summed E-state index contributed by atoms with van der Waals surface area (Å²) in [5, 5.41) is 5.76. The van der Waals surface area contributed by atoms with Gasteiger partial charge < -0.3 is 21.3 Å². The van der Waals surface area contributed by atoms with Crippen molar-refractivity contribution in [2.24, 2.45) is 0 Å². The van der Waals surface area contributed by atoms with Gasteiger partial charge in [-0.2, -0.15) is 0 Å². The van der Waals surface area contributed by atoms with E-state index in [9.17, 15) is 9.59 Å². The van der Waals surface area contributed by atoms with E-state index < -0.39 is 0 Å². The summed E-state index contributed by atoms with van der Waals surface area (Å²) in [6.45, 7) is 0.336. The SMILES string of the molecule is CN(C)CC(=O)Nc1ccc2nc(SCc3ccc(C(=O)Nc4ccccc4N)cc3)sc2c1. The first-order chi connectivity index (χ1) is 16.4. The first kappa shape index (κ1) is 23.7. The number of benzene rings is 3. The van der Waals surface area contributed by atoms with Crippen molar-refractivity contribution in [3.05, 3.63) is 77.9 Å². The number of anilines is 3. The van der Waals surface area contributed by atoms with Crippen LogP contribution in [-0.2, 0) is 10.5 Å². The van der Waals surface area contributed by atoms with Crippen molar-refractivity contribution in [1.82, 2.24) is 9.88 Å². The third kappa shape index (κ3) is 6.13. The molecular formula is C25H25N5O2S2. The largest absolute Gasteiger partial charge is 0.397 e. The molecule has 0 saturated heterocycles. The molecule has 34 heavy (non-hydrogen) atoms. The van der Waals surface area contributed by atoms with Gasteiger partial charge in [-0.3, -0.25) is 9.59 Å². The second-order valence-corrected chi connectivity index (χ2v) is 10.2. The smallest absolute Gasteiger partial charge is 0.255 e. The van der Waals surface area contributed by atoms with Crippen molar-refractivity contribution in [1.29, 1.82) is 0 Å². The molecule has 0 unspecified atom stereocenters. The average molecular weight is 492 g/mol. The Hall–Kier alpha value is -3.40. The molecule has 174 valence electrons. The van der Waals surface area contributed by atoms with Crippen molar-refractivity contribution in [3.63, 3.8) is 0 Å². The van der Waals surface area contributed by atoms with Crippen LogP contribution in [-0.4, -0.2) is 42.3 Å². The van der Waals surface area contributed by atoms with E-state index >= 15 is 0 Å². The standard InChI is InChI=1S/C25H25N5O2S2/c1-30(2)14-23(31)27-18-11-12-21-22(13-18)34-25(29-21)33-15-16-7-9-17(10-8-16)24(32)28-20-6-4-3-5-19(20)26/h3-13H,14-15,26H2,1-2H3,(H,27,31)(H,28,32). The minimum Gasteiger partial charge on any atom is -0.397 e. The number of carbonyl (C=O) groups excluding carboxylic acids is 2. The molecule has 0 saturated carbocycles. The quantitative estimate of drug-likeness (QED) is 0.239. The Kier molecular flexibility index (Phi) is 7.46. The number of likely N-dealkylation sites (N-methyl/N-ethyl adjacent to an activating group) is 1. The van der Waals surface area contributed by atoms with E-state index in [4.69, 9.17) is 5.73 Å². The van der Waals surface area contributed by atoms with Gasteiger partial charge in [0.05, 0.1) is 28.1 Å². The summed E-state index contributed by atoms with van der Waals surface area (Å²) in [6.07, 6.45) is 0. The van der Waals surface area contributed by atoms with Gasteiger partial charge in [0.2, 0.25) is 5.91 Å². The van der Waals surface area contributed by atoms with E-state index in [0.29, 0.717) is 23.5 Å². The predicted molar refractivity (Wildman–Crippen MR) is 142 cm³/mol. The number of aromatic nitrogens is 1. The van der Waals surface area contributed by atoms with Gasteiger partial charge in [0.15, 0.2) is 4.34 Å². The fraction of sp³-hybridized carbons (Fsp3) is 0.160. The van der Waals surface area contributed by atoms with Crippen molar-refractivity contribution in [3.8, 4) is 0 Å². The fourth-order valence-electron chi connectivity index (χ4n) is 3.23. The molecule has 0 atom stereocenters. The highest BCUT2D eigenvalue weighted by Crippen LogP contribution is 2.33. The van der Waals surface area contributed by atoms with Crippen LogP contribution in [0.25, 0.3) is 10.2 Å². The number of nitrogens with one attached hydrogen (secondary N) is 2. The van der Waals surface area contributed by atoms with Crippen LogP contribution in [0, 0.1) is 0 Å². The lowest BCUT2D eigenvalue weighted by atomic mass is 10.1. The van der Waals surface area contributed by atoms with Gasteiger partial charge in [0.1, 0.15) is 0 Å². The molecule has 0 bridgehead atoms. The molecule has 0 spiro atoms. The molecule has 7 nitrogen and oxygen atoms in total. The topological polar surface area (TPSA) is 100 Å². The van der Waals surface area contributed by atoms with Gasteiger partial charge in [-0.25, -0.2) is 4.98 Å². The van der Waals surface area contributed by atoms with E-state index in [0.717, 1.165) is 31.6 Å². The second-order valence-electron chi connectivity index (χ2n) is 7.98. The molecule has 0 radical (unpaired) electrons. The van der Waals surface area contributed by atoms with Crippen molar-refractivity contribution < 1.29 is 9.59 Å². The Bertz CT molecular complexity index is 1320. The van der Waals surface area contributed by atoms with Crippen LogP contribution in [0.3, 0.4) is 0 Å². The van der Waals surface area contributed by atoms with Crippen LogP contribution in [0.4, 0.5) is 17.1 Å². The summed E-state index contributed by atoms with van der Waals surface area (Å²) in [7, 11) is 3.72. The Balaban J connectivity index is 1.35. The van der Waals surface area contributed by atoms with Crippen LogP contribution in [0.1, 0.15) is 15.9 Å². The Morgan fingerprint density at radius 2 is 1.79 bits per heavy atom. The zero-order valence-electron chi connectivity index (χ0n) is 18.9. The number of para-hydroxylation sites is 2. The molecule has 2 amide bonds. The number of hydrogen-bond acceptors (Lipinski definition) is 7. The lowest BCUT2D eigenvalue weighted by molar-refractivity contribution is -0.116. The molecule has 0 fully saturated rings. The van der Waals surface area contributed by atoms with Crippen molar-refractivity contribution in [2.75, 3.05) is 37.0 Å². The number of amides is 2. The van der Waals surface area contributed by atoms with Gasteiger partial charge in [-0.15, -0.1) is 11.3 Å². The van der Waals surface area contributed by atoms with Gasteiger partial charge >= 0.3 is 0 Å². The molecule has 1 aromatic heterocycles. The van der Waals surface area contributed by atoms with Crippen LogP contribution in [0.2, 0.25) is 0 Å². The maximum Gasteiger partial charge on any atom is 0.255 e. The predicted octanol–water partition coefficient (Wildman–Crippen LogP) is 4.92. The molecule has 9 heteroatoms. The summed E-state index contributed by atoms with van der Waals surface area (Å²) < 4.78 is 1.98. The first-order valence-corrected chi connectivity index (χ1v) is 12.4. The molecule has 3 aromatic carbocycles. The lowest BCUT2D eigenvalue weighted by Gasteiger charge is -2.09. The highest BCUT2D eigenvalue weighted by atomic mass is 32.2. The number of thioether (sulfide) groups is 1. The first-order valence-electron chi connectivity index (χ1n) is 10.6. The number of nitrogen functional groups attached to an aromatic ring is 1. The number of nitrogens with two attached hydrogens (primary N) is 1. The summed E-state index contributed by atoms with van der Waals surface area (Å²) in [5.74, 6) is 0.490. The van der Waals surface area contributed by atoms with Crippen LogP contribution < -0.4 is 16.4 Å². The Morgan fingerprint density at radius 3 is 2.53 bits per heavy atom. The molecule has 4 N–H and O–H groups in total. The Labute approximate surface area is 206 Å². The van der Waals surface area contributed by atoms with Crippen LogP contribution >= 0.6 is 23.1 Å². The zero-order valence-corrected chi connectivity index (χ0v) is 20.5. The Morgan fingerprint density at radius 1 is 1.03 bits per heavy atom. The van der Waals surface area contributed by atoms with Gasteiger partial charge in [-0.1, -0.05) is 36.0 Å². The number of thiazole rings is 1. The van der Waals surface area contributed by atoms with Gasteiger partial charge in [0.25, 0.3) is 5.91 Å². The van der Waals surface area contributed by atoms with Gasteiger partial charge in [0, 0.05) is 17.0 Å². The summed E-state index contributed by atoms with van der Waals surface area (Å²) in [6, 6.07) is 20.4. The molecule has 0 aliphatic heterocycles. The summed E-state index contributed by atoms with van der Waals surface area (Å²) >= 11 is 3.24. The minimum absolute atomic E-state index is 0.0483. The molecule has 0 aliphatic rings. The lowest BCUT2D eigenvalue weighted by Crippen LogP contribution is -2.26. The van der Waals surface area contributed by atoms with E-state index in [1.807, 2.05) is 73.6 Å². The van der Waals surface area contributed by atoms with Crippen LogP contribution in [0.5, 0.6) is 0 Å². The third-order valence-electron chi connectivity index (χ3n) is 4.90. The second kappa shape index (κ2) is 10.7. The van der Waals surface area contributed by atoms with Gasteiger partial charge in [-0.05, 0) is 62.1 Å². The highest BCUT2D eigenvalue weighted by molar-refractivity contribution is 8.00. The maximum atomic E-state index is 12.5. The maximum absolute atomic E-state index is 12.5. The molecule has 4 rings (SSSR count). The number of nitrogens with zero attached hydrogens (tertiary/aromatic N) is 2. The highest BCUT2D eigenvalue weighted by Gasteiger charge is 2.10. The fourth-order valence-corrected chi connectivity index (χ4v) is 5.30. The van der Waals surface area contributed by atoms with E-state index in [-0.39, 0.29) is 11.8 Å². The van der Waals surface area contributed by atoms with Crippen LogP contribution in [0.15, 0.2) is 71.1 Å². The summed E-state index contributed by atoms with van der Waals surface area (Å²) in [4.78, 5) is 31.0. The molecule has 0 aliphatic carbocycles. The summed E-state index contributed by atoms with van der Waals surface area (Å²) in [5.41, 5.74) is 10.4. The molecule has 4 aromatic rings. The number of fused-ring (bicyclic) bond motifs is 1. The molecule has 1 heterocycles. The average Bonchev–Trinajstić information content (AvgIpc) is 3.21. The van der Waals surface area contributed by atoms with E-state index in [1.54, 1.807) is 35.2 Å². The normalized spacial score (nSPS) is 11.0. The van der Waals surface area contributed by atoms with E-state index in [1.165, 1.54) is 0 Å². The number of hydrogen-bond donors (Lipinski definition) is 3. The monoisotopic (exact) mass is 491 g/mol. The van der Waals surface area contributed by atoms with Crippen molar-refractivity contribution in [2.45, 2.75) is 10.1 Å². The number of rotatable bonds is 8.